The SMILES string of the molecule is C[C@H](NC(=O)[C@H]1[C@H](C(=O)O)[C@H]2C=C[C@H]1C2)C(=O)Nc1ccccc1. The molecule has 1 aromatic carbocycles. The Labute approximate surface area is 139 Å². The van der Waals surface area contributed by atoms with Crippen molar-refractivity contribution in [3.63, 3.8) is 0 Å². The van der Waals surface area contributed by atoms with Crippen LogP contribution >= 0.6 is 0 Å². The third-order valence-corrected chi connectivity index (χ3v) is 4.84. The van der Waals surface area contributed by atoms with Crippen molar-refractivity contribution < 1.29 is 19.5 Å². The van der Waals surface area contributed by atoms with Crippen molar-refractivity contribution in [3.8, 4) is 0 Å². The number of allylic oxidation sites excluding steroid dienone is 2. The molecule has 126 valence electrons. The van der Waals surface area contributed by atoms with E-state index in [1.165, 1.54) is 0 Å². The number of aliphatic carboxylic acids is 1. The predicted molar refractivity (Wildman–Crippen MR) is 88.0 cm³/mol. The van der Waals surface area contributed by atoms with Gasteiger partial charge in [-0.05, 0) is 37.3 Å². The van der Waals surface area contributed by atoms with Crippen molar-refractivity contribution >= 4 is 23.5 Å². The molecule has 1 aromatic rings. The number of fused-ring (bicyclic) bond motifs is 2. The molecule has 0 saturated heterocycles. The zero-order chi connectivity index (χ0) is 17.3. The van der Waals surface area contributed by atoms with E-state index in [1.807, 2.05) is 18.2 Å². The van der Waals surface area contributed by atoms with Crippen LogP contribution < -0.4 is 10.6 Å². The first-order valence-electron chi connectivity index (χ1n) is 8.05. The van der Waals surface area contributed by atoms with Gasteiger partial charge in [-0.25, -0.2) is 0 Å². The Balaban J connectivity index is 1.63. The third-order valence-electron chi connectivity index (χ3n) is 4.84. The van der Waals surface area contributed by atoms with Crippen LogP contribution in [0.1, 0.15) is 13.3 Å². The summed E-state index contributed by atoms with van der Waals surface area (Å²) < 4.78 is 0. The molecule has 3 rings (SSSR count). The van der Waals surface area contributed by atoms with Crippen LogP contribution in [0.25, 0.3) is 0 Å². The van der Waals surface area contributed by atoms with Crippen molar-refractivity contribution in [2.24, 2.45) is 23.7 Å². The molecule has 6 heteroatoms. The Morgan fingerprint density at radius 2 is 1.71 bits per heavy atom. The minimum Gasteiger partial charge on any atom is -0.481 e. The number of amides is 2. The summed E-state index contributed by atoms with van der Waals surface area (Å²) in [6.07, 6.45) is 4.50. The number of rotatable bonds is 5. The number of benzene rings is 1. The second kappa shape index (κ2) is 6.47. The highest BCUT2D eigenvalue weighted by atomic mass is 16.4. The highest BCUT2D eigenvalue weighted by Crippen LogP contribution is 2.48. The van der Waals surface area contributed by atoms with Crippen LogP contribution in [0.2, 0.25) is 0 Å². The summed E-state index contributed by atoms with van der Waals surface area (Å²) in [4.78, 5) is 36.2. The Morgan fingerprint density at radius 3 is 2.33 bits per heavy atom. The molecule has 6 nitrogen and oxygen atoms in total. The van der Waals surface area contributed by atoms with Crippen molar-refractivity contribution in [1.82, 2.24) is 5.32 Å². The van der Waals surface area contributed by atoms with Gasteiger partial charge in [0.05, 0.1) is 11.8 Å². The number of carbonyl (C=O) groups is 3. The van der Waals surface area contributed by atoms with Crippen LogP contribution in [0.15, 0.2) is 42.5 Å². The van der Waals surface area contributed by atoms with Crippen LogP contribution in [-0.4, -0.2) is 28.9 Å². The molecular weight excluding hydrogens is 308 g/mol. The molecule has 5 atom stereocenters. The number of nitrogens with one attached hydrogen (secondary N) is 2. The summed E-state index contributed by atoms with van der Waals surface area (Å²) in [6.45, 7) is 1.59. The fraction of sp³-hybridized carbons (Fsp3) is 0.389. The van der Waals surface area contributed by atoms with Gasteiger partial charge in [-0.15, -0.1) is 0 Å². The van der Waals surface area contributed by atoms with E-state index in [0.29, 0.717) is 12.1 Å². The van der Waals surface area contributed by atoms with Gasteiger partial charge in [0.25, 0.3) is 0 Å². The molecule has 0 heterocycles. The standard InChI is InChI=1S/C18H20N2O4/c1-10(16(21)20-13-5-3-2-4-6-13)19-17(22)14-11-7-8-12(9-11)15(14)18(23)24/h2-8,10-12,14-15H,9H2,1H3,(H,19,22)(H,20,21)(H,23,24)/t10-,11-,12-,14+,15+/m0/s1. The molecule has 2 aliphatic rings. The summed E-state index contributed by atoms with van der Waals surface area (Å²) in [5.41, 5.74) is 0.648. The van der Waals surface area contributed by atoms with E-state index in [1.54, 1.807) is 31.2 Å². The van der Waals surface area contributed by atoms with E-state index < -0.39 is 23.8 Å². The number of hydrogen-bond acceptors (Lipinski definition) is 3. The maximum absolute atomic E-state index is 12.5. The lowest BCUT2D eigenvalue weighted by atomic mass is 9.82. The molecule has 1 saturated carbocycles. The smallest absolute Gasteiger partial charge is 0.307 e. The molecule has 0 aliphatic heterocycles. The van der Waals surface area contributed by atoms with Gasteiger partial charge in [-0.2, -0.15) is 0 Å². The number of carboxylic acids is 1. The third kappa shape index (κ3) is 3.04. The lowest BCUT2D eigenvalue weighted by Crippen LogP contribution is -2.47. The number of para-hydroxylation sites is 1. The van der Waals surface area contributed by atoms with Gasteiger partial charge in [0, 0.05) is 5.69 Å². The van der Waals surface area contributed by atoms with E-state index in [0.717, 1.165) is 0 Å². The Hall–Kier alpha value is -2.63. The van der Waals surface area contributed by atoms with E-state index in [4.69, 9.17) is 0 Å². The minimum atomic E-state index is -0.951. The molecule has 1 fully saturated rings. The molecule has 0 spiro atoms. The van der Waals surface area contributed by atoms with Crippen LogP contribution in [0.3, 0.4) is 0 Å². The lowest BCUT2D eigenvalue weighted by molar-refractivity contribution is -0.148. The van der Waals surface area contributed by atoms with Gasteiger partial charge in [0.2, 0.25) is 11.8 Å². The highest BCUT2D eigenvalue weighted by Gasteiger charge is 2.51. The van der Waals surface area contributed by atoms with Crippen LogP contribution in [0, 0.1) is 23.7 Å². The van der Waals surface area contributed by atoms with Gasteiger partial charge in [0.15, 0.2) is 0 Å². The summed E-state index contributed by atoms with van der Waals surface area (Å²) in [5.74, 6) is -3.10. The zero-order valence-corrected chi connectivity index (χ0v) is 13.3. The normalized spacial score (nSPS) is 28.4. The molecular formula is C18H20N2O4. The Bertz CT molecular complexity index is 686. The molecule has 2 bridgehead atoms. The topological polar surface area (TPSA) is 95.5 Å². The monoisotopic (exact) mass is 328 g/mol. The number of carboxylic acid groups (broad SMARTS) is 1. The minimum absolute atomic E-state index is 0.0551. The van der Waals surface area contributed by atoms with Gasteiger partial charge in [-0.1, -0.05) is 30.4 Å². The van der Waals surface area contributed by atoms with Gasteiger partial charge < -0.3 is 15.7 Å². The van der Waals surface area contributed by atoms with Gasteiger partial charge >= 0.3 is 5.97 Å². The highest BCUT2D eigenvalue weighted by molar-refractivity contribution is 5.97. The number of hydrogen-bond donors (Lipinski definition) is 3. The van der Waals surface area contributed by atoms with Gasteiger partial charge in [-0.3, -0.25) is 14.4 Å². The van der Waals surface area contributed by atoms with Crippen molar-refractivity contribution in [3.05, 3.63) is 42.5 Å². The first-order chi connectivity index (χ1) is 11.5. The quantitative estimate of drug-likeness (QED) is 0.716. The van der Waals surface area contributed by atoms with E-state index in [2.05, 4.69) is 10.6 Å². The Kier molecular flexibility index (Phi) is 4.38. The molecule has 0 unspecified atom stereocenters. The number of carbonyl (C=O) groups excluding carboxylic acids is 2. The van der Waals surface area contributed by atoms with Gasteiger partial charge in [0.1, 0.15) is 6.04 Å². The second-order valence-electron chi connectivity index (χ2n) is 6.42. The first-order valence-corrected chi connectivity index (χ1v) is 8.05. The van der Waals surface area contributed by atoms with Crippen molar-refractivity contribution in [1.29, 1.82) is 0 Å². The maximum atomic E-state index is 12.5. The van der Waals surface area contributed by atoms with Crippen LogP contribution in [0.5, 0.6) is 0 Å². The molecule has 0 radical (unpaired) electrons. The largest absolute Gasteiger partial charge is 0.481 e. The molecule has 3 N–H and O–H groups in total. The molecule has 24 heavy (non-hydrogen) atoms. The van der Waals surface area contributed by atoms with Crippen molar-refractivity contribution in [2.45, 2.75) is 19.4 Å². The number of anilines is 1. The van der Waals surface area contributed by atoms with E-state index >= 15 is 0 Å². The summed E-state index contributed by atoms with van der Waals surface area (Å²) >= 11 is 0. The average Bonchev–Trinajstić information content (AvgIpc) is 3.16. The molecule has 0 aromatic heterocycles. The Morgan fingerprint density at radius 1 is 1.08 bits per heavy atom. The summed E-state index contributed by atoms with van der Waals surface area (Å²) in [5, 5.41) is 14.8. The lowest BCUT2D eigenvalue weighted by Gasteiger charge is -2.25. The molecule has 2 aliphatic carbocycles. The van der Waals surface area contributed by atoms with E-state index in [-0.39, 0.29) is 23.7 Å². The molecule has 2 amide bonds. The first kappa shape index (κ1) is 16.2. The van der Waals surface area contributed by atoms with Crippen LogP contribution in [-0.2, 0) is 14.4 Å². The predicted octanol–water partition coefficient (Wildman–Crippen LogP) is 1.65. The summed E-state index contributed by atoms with van der Waals surface area (Å²) in [7, 11) is 0. The van der Waals surface area contributed by atoms with E-state index in [9.17, 15) is 19.5 Å². The van der Waals surface area contributed by atoms with Crippen LogP contribution in [0.4, 0.5) is 5.69 Å². The van der Waals surface area contributed by atoms with Crippen molar-refractivity contribution in [2.75, 3.05) is 5.32 Å². The second-order valence-corrected chi connectivity index (χ2v) is 6.42. The zero-order valence-electron chi connectivity index (χ0n) is 13.3. The average molecular weight is 328 g/mol. The fourth-order valence-corrected chi connectivity index (χ4v) is 3.66. The fourth-order valence-electron chi connectivity index (χ4n) is 3.66. The maximum Gasteiger partial charge on any atom is 0.307 e. The summed E-state index contributed by atoms with van der Waals surface area (Å²) in [6, 6.07) is 8.22.